The molecule has 2 aliphatic rings. The molecule has 0 radical (unpaired) electrons. The van der Waals surface area contributed by atoms with E-state index >= 15 is 0 Å². The second kappa shape index (κ2) is 10.9. The van der Waals surface area contributed by atoms with E-state index in [-0.39, 0.29) is 23.5 Å². The number of hydrogen-bond donors (Lipinski definition) is 2. The number of rotatable bonds is 6. The summed E-state index contributed by atoms with van der Waals surface area (Å²) in [6.07, 6.45) is 3.68. The zero-order chi connectivity index (χ0) is 25.8. The molecule has 0 bridgehead atoms. The van der Waals surface area contributed by atoms with E-state index in [0.29, 0.717) is 37.9 Å². The van der Waals surface area contributed by atoms with Gasteiger partial charge in [-0.3, -0.25) is 14.4 Å². The van der Waals surface area contributed by atoms with Crippen LogP contribution in [0.25, 0.3) is 0 Å². The number of phenolic OH excluding ortho intramolecular Hbond substituents is 1. The zero-order valence-corrected chi connectivity index (χ0v) is 19.9. The molecule has 2 N–H and O–H groups in total. The van der Waals surface area contributed by atoms with E-state index < -0.39 is 47.2 Å². The molecule has 10 nitrogen and oxygen atoms in total. The van der Waals surface area contributed by atoms with Gasteiger partial charge < -0.3 is 29.2 Å². The van der Waals surface area contributed by atoms with Crippen LogP contribution in [-0.2, 0) is 28.6 Å². The standard InChI is InChI=1S/C25H30O10/c1-25(31)11-10-17(13-19(25)24(30)33-3)35-22(28)15-6-4-14(5-7-15)21(27)34-16-8-9-20(26)18(12-16)23(29)32-2/h8-9,12-15,19,26,31H,4-7,10-11H2,1-3H3. The molecule has 3 rings (SSSR count). The number of allylic oxidation sites excluding steroid dienone is 1. The summed E-state index contributed by atoms with van der Waals surface area (Å²) in [4.78, 5) is 49.0. The van der Waals surface area contributed by atoms with Crippen LogP contribution in [0, 0.1) is 17.8 Å². The van der Waals surface area contributed by atoms with Crippen molar-refractivity contribution < 1.29 is 48.3 Å². The Hall–Kier alpha value is -3.40. The fraction of sp³-hybridized carbons (Fsp3) is 0.520. The van der Waals surface area contributed by atoms with Gasteiger partial charge in [0, 0.05) is 6.42 Å². The monoisotopic (exact) mass is 490 g/mol. The number of aromatic hydroxyl groups is 1. The van der Waals surface area contributed by atoms with Crippen molar-refractivity contribution in [1.29, 1.82) is 0 Å². The zero-order valence-electron chi connectivity index (χ0n) is 19.9. The lowest BCUT2D eigenvalue weighted by Gasteiger charge is -2.33. The Morgan fingerprint density at radius 1 is 0.914 bits per heavy atom. The summed E-state index contributed by atoms with van der Waals surface area (Å²) in [5, 5.41) is 20.2. The van der Waals surface area contributed by atoms with Gasteiger partial charge in [0.25, 0.3) is 0 Å². The molecule has 0 saturated heterocycles. The van der Waals surface area contributed by atoms with Crippen LogP contribution in [0.2, 0.25) is 0 Å². The Morgan fingerprint density at radius 2 is 1.51 bits per heavy atom. The third kappa shape index (κ3) is 6.19. The Labute approximate surface area is 202 Å². The SMILES string of the molecule is COC(=O)c1cc(OC(=O)C2CCC(C(=O)OC3=CC(C(=O)OC)C(C)(O)CC3)CC2)ccc1O. The van der Waals surface area contributed by atoms with Gasteiger partial charge in [-0.2, -0.15) is 0 Å². The summed E-state index contributed by atoms with van der Waals surface area (Å²) < 4.78 is 20.2. The van der Waals surface area contributed by atoms with Gasteiger partial charge in [0.15, 0.2) is 0 Å². The molecule has 0 aliphatic heterocycles. The number of ether oxygens (including phenoxy) is 4. The largest absolute Gasteiger partial charge is 0.507 e. The second-order valence-electron chi connectivity index (χ2n) is 9.05. The maximum absolute atomic E-state index is 12.7. The number of hydrogen-bond acceptors (Lipinski definition) is 10. The number of carbonyl (C=O) groups is 4. The quantitative estimate of drug-likeness (QED) is 0.347. The van der Waals surface area contributed by atoms with Crippen LogP contribution in [0.15, 0.2) is 30.0 Å². The van der Waals surface area contributed by atoms with E-state index in [1.807, 2.05) is 0 Å². The van der Waals surface area contributed by atoms with E-state index in [1.54, 1.807) is 6.92 Å². The van der Waals surface area contributed by atoms with Crippen molar-refractivity contribution >= 4 is 23.9 Å². The molecule has 2 atom stereocenters. The van der Waals surface area contributed by atoms with Crippen molar-refractivity contribution in [2.75, 3.05) is 14.2 Å². The molecule has 10 heteroatoms. The first kappa shape index (κ1) is 26.2. The van der Waals surface area contributed by atoms with Crippen LogP contribution >= 0.6 is 0 Å². The van der Waals surface area contributed by atoms with Gasteiger partial charge in [-0.1, -0.05) is 0 Å². The van der Waals surface area contributed by atoms with E-state index in [1.165, 1.54) is 38.5 Å². The minimum Gasteiger partial charge on any atom is -0.507 e. The predicted molar refractivity (Wildman–Crippen MR) is 120 cm³/mol. The molecule has 1 aromatic carbocycles. The van der Waals surface area contributed by atoms with Crippen molar-refractivity contribution in [1.82, 2.24) is 0 Å². The molecule has 2 aliphatic carbocycles. The van der Waals surface area contributed by atoms with E-state index in [2.05, 4.69) is 4.74 Å². The Morgan fingerprint density at radius 3 is 2.09 bits per heavy atom. The number of methoxy groups -OCH3 is 2. The number of benzene rings is 1. The summed E-state index contributed by atoms with van der Waals surface area (Å²) in [6, 6.07) is 3.85. The summed E-state index contributed by atoms with van der Waals surface area (Å²) >= 11 is 0. The average Bonchev–Trinajstić information content (AvgIpc) is 2.85. The summed E-state index contributed by atoms with van der Waals surface area (Å²) in [7, 11) is 2.41. The van der Waals surface area contributed by atoms with Gasteiger partial charge >= 0.3 is 23.9 Å². The topological polar surface area (TPSA) is 146 Å². The molecule has 190 valence electrons. The first-order valence-electron chi connectivity index (χ1n) is 11.4. The number of carbonyl (C=O) groups excluding carboxylic acids is 4. The first-order valence-corrected chi connectivity index (χ1v) is 11.4. The molecule has 0 aromatic heterocycles. The molecule has 1 aromatic rings. The van der Waals surface area contributed by atoms with Crippen LogP contribution in [0.3, 0.4) is 0 Å². The maximum Gasteiger partial charge on any atom is 0.341 e. The number of phenols is 1. The van der Waals surface area contributed by atoms with Crippen molar-refractivity contribution in [2.24, 2.45) is 17.8 Å². The Balaban J connectivity index is 1.54. The molecule has 1 saturated carbocycles. The minimum atomic E-state index is -1.28. The lowest BCUT2D eigenvalue weighted by atomic mass is 9.80. The van der Waals surface area contributed by atoms with Crippen LogP contribution in [0.4, 0.5) is 0 Å². The number of esters is 4. The smallest absolute Gasteiger partial charge is 0.341 e. The van der Waals surface area contributed by atoms with E-state index in [4.69, 9.17) is 14.2 Å². The Bertz CT molecular complexity index is 1020. The average molecular weight is 491 g/mol. The molecule has 0 heterocycles. The molecular formula is C25H30O10. The molecule has 35 heavy (non-hydrogen) atoms. The lowest BCUT2D eigenvalue weighted by molar-refractivity contribution is -0.155. The van der Waals surface area contributed by atoms with Gasteiger partial charge in [-0.25, -0.2) is 4.79 Å². The van der Waals surface area contributed by atoms with Gasteiger partial charge in [-0.15, -0.1) is 0 Å². The lowest BCUT2D eigenvalue weighted by Crippen LogP contribution is -2.42. The normalized spacial score (nSPS) is 26.2. The fourth-order valence-corrected chi connectivity index (χ4v) is 4.34. The van der Waals surface area contributed by atoms with Crippen LogP contribution in [0.5, 0.6) is 11.5 Å². The third-order valence-electron chi connectivity index (χ3n) is 6.57. The third-order valence-corrected chi connectivity index (χ3v) is 6.57. The molecular weight excluding hydrogens is 460 g/mol. The molecule has 0 amide bonds. The van der Waals surface area contributed by atoms with E-state index in [9.17, 15) is 29.4 Å². The Kier molecular flexibility index (Phi) is 8.16. The van der Waals surface area contributed by atoms with Crippen molar-refractivity contribution in [2.45, 2.75) is 51.0 Å². The van der Waals surface area contributed by atoms with Gasteiger partial charge in [0.1, 0.15) is 28.7 Å². The van der Waals surface area contributed by atoms with E-state index in [0.717, 1.165) is 0 Å². The molecule has 2 unspecified atom stereocenters. The van der Waals surface area contributed by atoms with Crippen LogP contribution in [0.1, 0.15) is 55.8 Å². The van der Waals surface area contributed by atoms with Crippen molar-refractivity contribution in [3.05, 3.63) is 35.6 Å². The summed E-state index contributed by atoms with van der Waals surface area (Å²) in [5.74, 6) is -3.89. The first-order chi connectivity index (χ1) is 16.6. The van der Waals surface area contributed by atoms with Gasteiger partial charge in [0.2, 0.25) is 0 Å². The van der Waals surface area contributed by atoms with Crippen molar-refractivity contribution in [3.63, 3.8) is 0 Å². The fourth-order valence-electron chi connectivity index (χ4n) is 4.34. The molecule has 0 spiro atoms. The second-order valence-corrected chi connectivity index (χ2v) is 9.05. The highest BCUT2D eigenvalue weighted by Crippen LogP contribution is 2.36. The van der Waals surface area contributed by atoms with Gasteiger partial charge in [-0.05, 0) is 63.3 Å². The highest BCUT2D eigenvalue weighted by molar-refractivity contribution is 5.93. The predicted octanol–water partition coefficient (Wildman–Crippen LogP) is 2.65. The summed E-state index contributed by atoms with van der Waals surface area (Å²) in [5.41, 5.74) is -1.39. The number of aliphatic hydroxyl groups is 1. The highest BCUT2D eigenvalue weighted by atomic mass is 16.5. The minimum absolute atomic E-state index is 0.106. The molecule has 1 fully saturated rings. The maximum atomic E-state index is 12.7. The van der Waals surface area contributed by atoms with Crippen LogP contribution in [-0.4, -0.2) is 53.9 Å². The summed E-state index contributed by atoms with van der Waals surface area (Å²) in [6.45, 7) is 1.54. The van der Waals surface area contributed by atoms with Gasteiger partial charge in [0.05, 0.1) is 31.7 Å². The van der Waals surface area contributed by atoms with Crippen molar-refractivity contribution in [3.8, 4) is 11.5 Å². The highest BCUT2D eigenvalue weighted by Gasteiger charge is 2.41. The van der Waals surface area contributed by atoms with Crippen LogP contribution < -0.4 is 4.74 Å².